The summed E-state index contributed by atoms with van der Waals surface area (Å²) < 4.78 is 43.1. The number of ether oxygens (including phenoxy) is 1. The molecule has 1 N–H and O–H groups in total. The second kappa shape index (κ2) is 8.60. The maximum absolute atomic E-state index is 12.5. The summed E-state index contributed by atoms with van der Waals surface area (Å²) >= 11 is 0. The van der Waals surface area contributed by atoms with Gasteiger partial charge in [0.1, 0.15) is 12.4 Å². The van der Waals surface area contributed by atoms with E-state index in [0.717, 1.165) is 23.4 Å². The third-order valence-electron chi connectivity index (χ3n) is 3.79. The second-order valence-corrected chi connectivity index (χ2v) is 5.94. The summed E-state index contributed by atoms with van der Waals surface area (Å²) in [6.45, 7) is 2.86. The molecule has 26 heavy (non-hydrogen) atoms. The summed E-state index contributed by atoms with van der Waals surface area (Å²) in [7, 11) is 1.63. The Morgan fingerprint density at radius 3 is 2.27 bits per heavy atom. The molecule has 140 valence electrons. The molecule has 7 heteroatoms. The van der Waals surface area contributed by atoms with Crippen molar-refractivity contribution in [3.8, 4) is 5.75 Å². The van der Waals surface area contributed by atoms with E-state index in [1.54, 1.807) is 7.05 Å². The fourth-order valence-electron chi connectivity index (χ4n) is 2.16. The Balaban J connectivity index is 1.73. The molecular weight excluding hydrogens is 345 g/mol. The molecule has 0 saturated carbocycles. The lowest BCUT2D eigenvalue weighted by Gasteiger charge is -2.18. The highest BCUT2D eigenvalue weighted by atomic mass is 19.4. The van der Waals surface area contributed by atoms with Crippen LogP contribution in [0.4, 0.5) is 18.0 Å². The van der Waals surface area contributed by atoms with Crippen molar-refractivity contribution in [2.45, 2.75) is 19.6 Å². The SMILES string of the molecule is Cc1ccc(OCCN(C)C(=O)NCc2ccc(C(F)(F)F)cc2)cc1. The van der Waals surface area contributed by atoms with E-state index in [0.29, 0.717) is 18.7 Å². The Hall–Kier alpha value is -2.70. The highest BCUT2D eigenvalue weighted by Crippen LogP contribution is 2.29. The molecule has 0 saturated heterocycles. The van der Waals surface area contributed by atoms with Crippen LogP contribution in [0.3, 0.4) is 0 Å². The zero-order valence-corrected chi connectivity index (χ0v) is 14.6. The summed E-state index contributed by atoms with van der Waals surface area (Å²) in [5.74, 6) is 0.731. The molecule has 0 radical (unpaired) electrons. The van der Waals surface area contributed by atoms with Crippen LogP contribution >= 0.6 is 0 Å². The molecule has 0 aromatic heterocycles. The van der Waals surface area contributed by atoms with Gasteiger partial charge in [-0.3, -0.25) is 0 Å². The van der Waals surface area contributed by atoms with Gasteiger partial charge in [-0.1, -0.05) is 29.8 Å². The van der Waals surface area contributed by atoms with Gasteiger partial charge in [0.25, 0.3) is 0 Å². The standard InChI is InChI=1S/C19H21F3N2O2/c1-14-3-9-17(10-4-14)26-12-11-24(2)18(25)23-13-15-5-7-16(8-6-15)19(20,21)22/h3-10H,11-13H2,1-2H3,(H,23,25). The van der Waals surface area contributed by atoms with Crippen LogP contribution < -0.4 is 10.1 Å². The van der Waals surface area contributed by atoms with Crippen LogP contribution in [-0.2, 0) is 12.7 Å². The molecule has 2 rings (SSSR count). The van der Waals surface area contributed by atoms with Crippen LogP contribution in [-0.4, -0.2) is 31.1 Å². The molecule has 0 unspecified atom stereocenters. The summed E-state index contributed by atoms with van der Waals surface area (Å²) in [5.41, 5.74) is 1.02. The number of benzene rings is 2. The highest BCUT2D eigenvalue weighted by Gasteiger charge is 2.29. The Morgan fingerprint density at radius 1 is 1.08 bits per heavy atom. The monoisotopic (exact) mass is 366 g/mol. The van der Waals surface area contributed by atoms with Gasteiger partial charge in [0.2, 0.25) is 0 Å². The molecule has 0 aliphatic heterocycles. The summed E-state index contributed by atoms with van der Waals surface area (Å²) in [6, 6.07) is 12.0. The zero-order valence-electron chi connectivity index (χ0n) is 14.6. The molecule has 4 nitrogen and oxygen atoms in total. The van der Waals surface area contributed by atoms with E-state index in [-0.39, 0.29) is 12.6 Å². The number of halogens is 3. The van der Waals surface area contributed by atoms with Crippen molar-refractivity contribution in [3.63, 3.8) is 0 Å². The van der Waals surface area contributed by atoms with Gasteiger partial charge >= 0.3 is 12.2 Å². The molecular formula is C19H21F3N2O2. The number of nitrogens with zero attached hydrogens (tertiary/aromatic N) is 1. The van der Waals surface area contributed by atoms with Crippen LogP contribution in [0.5, 0.6) is 5.75 Å². The van der Waals surface area contributed by atoms with Crippen LogP contribution in [0.25, 0.3) is 0 Å². The molecule has 0 bridgehead atoms. The second-order valence-electron chi connectivity index (χ2n) is 5.94. The number of carbonyl (C=O) groups excluding carboxylic acids is 1. The van der Waals surface area contributed by atoms with E-state index in [4.69, 9.17) is 4.74 Å². The van der Waals surface area contributed by atoms with Crippen LogP contribution in [0, 0.1) is 6.92 Å². The van der Waals surface area contributed by atoms with Crippen molar-refractivity contribution in [3.05, 3.63) is 65.2 Å². The quantitative estimate of drug-likeness (QED) is 0.831. The molecule has 0 aliphatic carbocycles. The van der Waals surface area contributed by atoms with E-state index < -0.39 is 11.7 Å². The normalized spacial score (nSPS) is 11.1. The number of amides is 2. The van der Waals surface area contributed by atoms with Gasteiger partial charge in [-0.15, -0.1) is 0 Å². The molecule has 0 aliphatic rings. The minimum Gasteiger partial charge on any atom is -0.492 e. The van der Waals surface area contributed by atoms with Gasteiger partial charge in [0.15, 0.2) is 0 Å². The van der Waals surface area contributed by atoms with Crippen LogP contribution in [0.15, 0.2) is 48.5 Å². The summed E-state index contributed by atoms with van der Waals surface area (Å²) in [6.07, 6.45) is -4.36. The molecule has 0 fully saturated rings. The predicted octanol–water partition coefficient (Wildman–Crippen LogP) is 4.23. The topological polar surface area (TPSA) is 41.6 Å². The average Bonchev–Trinajstić information content (AvgIpc) is 2.61. The smallest absolute Gasteiger partial charge is 0.416 e. The molecule has 0 spiro atoms. The molecule has 2 aromatic carbocycles. The van der Waals surface area contributed by atoms with E-state index in [2.05, 4.69) is 5.32 Å². The van der Waals surface area contributed by atoms with Gasteiger partial charge in [-0.2, -0.15) is 13.2 Å². The van der Waals surface area contributed by atoms with Gasteiger partial charge in [-0.25, -0.2) is 4.79 Å². The van der Waals surface area contributed by atoms with Crippen molar-refractivity contribution in [1.82, 2.24) is 10.2 Å². The summed E-state index contributed by atoms with van der Waals surface area (Å²) in [5, 5.41) is 2.66. The Labute approximate surface area is 150 Å². The molecule has 2 amide bonds. The van der Waals surface area contributed by atoms with Crippen LogP contribution in [0.2, 0.25) is 0 Å². The number of urea groups is 1. The van der Waals surface area contributed by atoms with E-state index in [1.807, 2.05) is 31.2 Å². The lowest BCUT2D eigenvalue weighted by atomic mass is 10.1. The van der Waals surface area contributed by atoms with Crippen LogP contribution in [0.1, 0.15) is 16.7 Å². The summed E-state index contributed by atoms with van der Waals surface area (Å²) in [4.78, 5) is 13.5. The Bertz CT molecular complexity index is 713. The number of alkyl halides is 3. The van der Waals surface area contributed by atoms with E-state index in [9.17, 15) is 18.0 Å². The van der Waals surface area contributed by atoms with Crippen molar-refractivity contribution in [2.24, 2.45) is 0 Å². The third-order valence-corrected chi connectivity index (χ3v) is 3.79. The third kappa shape index (κ3) is 5.98. The number of aryl methyl sites for hydroxylation is 1. The lowest BCUT2D eigenvalue weighted by Crippen LogP contribution is -2.39. The van der Waals surface area contributed by atoms with E-state index >= 15 is 0 Å². The number of hydrogen-bond donors (Lipinski definition) is 1. The average molecular weight is 366 g/mol. The fraction of sp³-hybridized carbons (Fsp3) is 0.316. The highest BCUT2D eigenvalue weighted by molar-refractivity contribution is 5.73. The van der Waals surface area contributed by atoms with Gasteiger partial charge in [-0.05, 0) is 36.8 Å². The first kappa shape index (κ1) is 19.6. The van der Waals surface area contributed by atoms with E-state index in [1.165, 1.54) is 17.0 Å². The number of likely N-dealkylation sites (N-methyl/N-ethyl adjacent to an activating group) is 1. The van der Waals surface area contributed by atoms with Crippen molar-refractivity contribution >= 4 is 6.03 Å². The molecule has 2 aromatic rings. The molecule has 0 atom stereocenters. The number of carbonyl (C=O) groups is 1. The first-order valence-electron chi connectivity index (χ1n) is 8.10. The van der Waals surface area contributed by atoms with Gasteiger partial charge < -0.3 is 15.0 Å². The van der Waals surface area contributed by atoms with Gasteiger partial charge in [0.05, 0.1) is 12.1 Å². The van der Waals surface area contributed by atoms with Gasteiger partial charge in [0, 0.05) is 13.6 Å². The van der Waals surface area contributed by atoms with Crippen molar-refractivity contribution in [2.75, 3.05) is 20.2 Å². The lowest BCUT2D eigenvalue weighted by molar-refractivity contribution is -0.137. The first-order chi connectivity index (χ1) is 12.3. The Morgan fingerprint density at radius 2 is 1.69 bits per heavy atom. The fourth-order valence-corrected chi connectivity index (χ4v) is 2.16. The maximum Gasteiger partial charge on any atom is 0.416 e. The predicted molar refractivity (Wildman–Crippen MR) is 93.0 cm³/mol. The number of rotatable bonds is 6. The van der Waals surface area contributed by atoms with Crippen molar-refractivity contribution in [1.29, 1.82) is 0 Å². The minimum absolute atomic E-state index is 0.153. The Kier molecular flexibility index (Phi) is 6.49. The first-order valence-corrected chi connectivity index (χ1v) is 8.10. The van der Waals surface area contributed by atoms with Crippen molar-refractivity contribution < 1.29 is 22.7 Å². The molecule has 0 heterocycles. The number of nitrogens with one attached hydrogen (secondary N) is 1. The maximum atomic E-state index is 12.5. The zero-order chi connectivity index (χ0) is 19.2. The minimum atomic E-state index is -4.36. The largest absolute Gasteiger partial charge is 0.492 e. The number of hydrogen-bond acceptors (Lipinski definition) is 2.